The molecule has 0 atom stereocenters. The fraction of sp³-hybridized carbons (Fsp3) is 0.200. The van der Waals surface area contributed by atoms with Crippen LogP contribution >= 0.6 is 0 Å². The minimum absolute atomic E-state index is 0.291. The predicted molar refractivity (Wildman–Crippen MR) is 101 cm³/mol. The maximum absolute atomic E-state index is 13.0. The fourth-order valence-corrected chi connectivity index (χ4v) is 2.93. The molecular formula is C20H18FN5O. The first-order chi connectivity index (χ1) is 13.2. The molecule has 0 bridgehead atoms. The monoisotopic (exact) mass is 363 g/mol. The number of fused-ring (bicyclic) bond motifs is 1. The molecule has 0 amide bonds. The summed E-state index contributed by atoms with van der Waals surface area (Å²) in [5.41, 5.74) is 2.79. The van der Waals surface area contributed by atoms with E-state index in [-0.39, 0.29) is 5.82 Å². The zero-order valence-electron chi connectivity index (χ0n) is 14.8. The molecule has 0 fully saturated rings. The number of aromatic nitrogens is 4. The molecule has 0 aliphatic heterocycles. The highest BCUT2D eigenvalue weighted by Gasteiger charge is 2.09. The van der Waals surface area contributed by atoms with E-state index < -0.39 is 0 Å². The number of aryl methyl sites for hydroxylation is 2. The Morgan fingerprint density at radius 1 is 1.07 bits per heavy atom. The minimum atomic E-state index is -0.291. The molecule has 136 valence electrons. The molecule has 4 aromatic rings. The number of hydrogen-bond donors (Lipinski definition) is 1. The summed E-state index contributed by atoms with van der Waals surface area (Å²) in [5, 5.41) is 8.36. The van der Waals surface area contributed by atoms with Gasteiger partial charge in [-0.1, -0.05) is 17.3 Å². The number of halogens is 1. The van der Waals surface area contributed by atoms with Gasteiger partial charge in [-0.05, 0) is 49.2 Å². The number of benzene rings is 2. The third-order valence-corrected chi connectivity index (χ3v) is 4.30. The van der Waals surface area contributed by atoms with Crippen molar-refractivity contribution in [3.63, 3.8) is 0 Å². The van der Waals surface area contributed by atoms with Crippen molar-refractivity contribution in [2.75, 3.05) is 11.9 Å². The van der Waals surface area contributed by atoms with E-state index in [1.807, 2.05) is 25.1 Å². The molecule has 0 spiro atoms. The lowest BCUT2D eigenvalue weighted by Gasteiger charge is -2.09. The SMILES string of the molecule is Cc1cccc2ncnc(NCCCc3nc(-c4ccc(F)cc4)no3)c12. The van der Waals surface area contributed by atoms with Gasteiger partial charge < -0.3 is 9.84 Å². The zero-order valence-corrected chi connectivity index (χ0v) is 14.8. The highest BCUT2D eigenvalue weighted by Crippen LogP contribution is 2.23. The van der Waals surface area contributed by atoms with Gasteiger partial charge in [-0.2, -0.15) is 4.98 Å². The second-order valence-corrected chi connectivity index (χ2v) is 6.24. The number of anilines is 1. The molecule has 0 aliphatic rings. The normalized spacial score (nSPS) is 11.0. The Hall–Kier alpha value is -3.35. The van der Waals surface area contributed by atoms with Crippen LogP contribution < -0.4 is 5.32 Å². The highest BCUT2D eigenvalue weighted by atomic mass is 19.1. The highest BCUT2D eigenvalue weighted by molar-refractivity contribution is 5.91. The lowest BCUT2D eigenvalue weighted by molar-refractivity contribution is 0.377. The number of nitrogens with zero attached hydrogens (tertiary/aromatic N) is 4. The summed E-state index contributed by atoms with van der Waals surface area (Å²) in [7, 11) is 0. The van der Waals surface area contributed by atoms with Crippen LogP contribution in [0.4, 0.5) is 10.2 Å². The summed E-state index contributed by atoms with van der Waals surface area (Å²) in [5.74, 6) is 1.56. The van der Waals surface area contributed by atoms with E-state index in [0.29, 0.717) is 24.7 Å². The second-order valence-electron chi connectivity index (χ2n) is 6.24. The predicted octanol–water partition coefficient (Wildman–Crippen LogP) is 4.17. The van der Waals surface area contributed by atoms with Crippen molar-refractivity contribution in [1.82, 2.24) is 20.1 Å². The molecule has 2 aromatic heterocycles. The van der Waals surface area contributed by atoms with Crippen molar-refractivity contribution >= 4 is 16.7 Å². The first kappa shape index (κ1) is 17.1. The third-order valence-electron chi connectivity index (χ3n) is 4.30. The van der Waals surface area contributed by atoms with E-state index in [0.717, 1.165) is 34.3 Å². The van der Waals surface area contributed by atoms with Gasteiger partial charge in [0.25, 0.3) is 0 Å². The molecule has 0 radical (unpaired) electrons. The van der Waals surface area contributed by atoms with E-state index in [9.17, 15) is 4.39 Å². The molecule has 0 saturated heterocycles. The van der Waals surface area contributed by atoms with Gasteiger partial charge in [-0.3, -0.25) is 0 Å². The van der Waals surface area contributed by atoms with E-state index in [2.05, 4.69) is 25.4 Å². The summed E-state index contributed by atoms with van der Waals surface area (Å²) in [6.45, 7) is 2.76. The van der Waals surface area contributed by atoms with Gasteiger partial charge in [0.2, 0.25) is 11.7 Å². The Bertz CT molecular complexity index is 1060. The summed E-state index contributed by atoms with van der Waals surface area (Å²) < 4.78 is 18.3. The van der Waals surface area contributed by atoms with Crippen LogP contribution in [0, 0.1) is 12.7 Å². The average molecular weight is 363 g/mol. The van der Waals surface area contributed by atoms with E-state index in [4.69, 9.17) is 4.52 Å². The molecule has 7 heteroatoms. The fourth-order valence-electron chi connectivity index (χ4n) is 2.93. The molecule has 0 saturated carbocycles. The summed E-state index contributed by atoms with van der Waals surface area (Å²) in [4.78, 5) is 13.0. The molecule has 0 aliphatic carbocycles. The standard InChI is InChI=1S/C20H18FN5O/c1-13-4-2-5-16-18(13)20(24-12-23-16)22-11-3-6-17-25-19(26-27-17)14-7-9-15(21)10-8-14/h2,4-5,7-10,12H,3,6,11H2,1H3,(H,22,23,24). The first-order valence-electron chi connectivity index (χ1n) is 8.73. The quantitative estimate of drug-likeness (QED) is 0.518. The van der Waals surface area contributed by atoms with Crippen LogP contribution in [0.2, 0.25) is 0 Å². The molecule has 4 rings (SSSR count). The largest absolute Gasteiger partial charge is 0.369 e. The molecule has 27 heavy (non-hydrogen) atoms. The molecule has 6 nitrogen and oxygen atoms in total. The zero-order chi connectivity index (χ0) is 18.6. The summed E-state index contributed by atoms with van der Waals surface area (Å²) in [6, 6.07) is 12.0. The van der Waals surface area contributed by atoms with Crippen LogP contribution in [0.1, 0.15) is 17.9 Å². The Morgan fingerprint density at radius 2 is 1.93 bits per heavy atom. The molecular weight excluding hydrogens is 345 g/mol. The van der Waals surface area contributed by atoms with E-state index in [1.54, 1.807) is 18.5 Å². The van der Waals surface area contributed by atoms with Crippen LogP contribution in [-0.4, -0.2) is 26.7 Å². The maximum Gasteiger partial charge on any atom is 0.227 e. The van der Waals surface area contributed by atoms with Gasteiger partial charge in [-0.15, -0.1) is 0 Å². The smallest absolute Gasteiger partial charge is 0.227 e. The van der Waals surface area contributed by atoms with Gasteiger partial charge in [0.05, 0.1) is 5.52 Å². The van der Waals surface area contributed by atoms with Gasteiger partial charge in [0.15, 0.2) is 0 Å². The number of rotatable bonds is 6. The molecule has 1 N–H and O–H groups in total. The third kappa shape index (κ3) is 3.76. The number of nitrogens with one attached hydrogen (secondary N) is 1. The van der Waals surface area contributed by atoms with Crippen molar-refractivity contribution in [2.45, 2.75) is 19.8 Å². The minimum Gasteiger partial charge on any atom is -0.369 e. The van der Waals surface area contributed by atoms with Crippen LogP contribution in [0.25, 0.3) is 22.3 Å². The van der Waals surface area contributed by atoms with E-state index >= 15 is 0 Å². The van der Waals surface area contributed by atoms with Crippen LogP contribution in [-0.2, 0) is 6.42 Å². The molecule has 2 aromatic carbocycles. The Kier molecular flexibility index (Phi) is 4.74. The van der Waals surface area contributed by atoms with Crippen LogP contribution in [0.15, 0.2) is 53.3 Å². The first-order valence-corrected chi connectivity index (χ1v) is 8.73. The van der Waals surface area contributed by atoms with Gasteiger partial charge in [0, 0.05) is 23.9 Å². The van der Waals surface area contributed by atoms with Crippen LogP contribution in [0.3, 0.4) is 0 Å². The van der Waals surface area contributed by atoms with Crippen molar-refractivity contribution in [3.05, 3.63) is 66.1 Å². The van der Waals surface area contributed by atoms with Gasteiger partial charge >= 0.3 is 0 Å². The van der Waals surface area contributed by atoms with E-state index in [1.165, 1.54) is 12.1 Å². The van der Waals surface area contributed by atoms with Crippen LogP contribution in [0.5, 0.6) is 0 Å². The van der Waals surface area contributed by atoms with Crippen molar-refractivity contribution in [2.24, 2.45) is 0 Å². The lowest BCUT2D eigenvalue weighted by Crippen LogP contribution is -2.06. The van der Waals surface area contributed by atoms with Gasteiger partial charge in [0.1, 0.15) is 18.0 Å². The average Bonchev–Trinajstić information content (AvgIpc) is 3.15. The summed E-state index contributed by atoms with van der Waals surface area (Å²) in [6.07, 6.45) is 3.02. The second kappa shape index (κ2) is 7.49. The number of hydrogen-bond acceptors (Lipinski definition) is 6. The Labute approximate surface area is 155 Å². The Balaban J connectivity index is 1.37. The molecule has 2 heterocycles. The molecule has 0 unspecified atom stereocenters. The van der Waals surface area contributed by atoms with Crippen molar-refractivity contribution in [3.8, 4) is 11.4 Å². The van der Waals surface area contributed by atoms with Crippen molar-refractivity contribution < 1.29 is 8.91 Å². The maximum atomic E-state index is 13.0. The Morgan fingerprint density at radius 3 is 2.78 bits per heavy atom. The lowest BCUT2D eigenvalue weighted by atomic mass is 10.1. The van der Waals surface area contributed by atoms with Gasteiger partial charge in [-0.25, -0.2) is 14.4 Å². The summed E-state index contributed by atoms with van der Waals surface area (Å²) >= 11 is 0. The topological polar surface area (TPSA) is 76.7 Å². The van der Waals surface area contributed by atoms with Crippen molar-refractivity contribution in [1.29, 1.82) is 0 Å².